The molecule has 0 saturated carbocycles. The molecule has 0 radical (unpaired) electrons. The lowest BCUT2D eigenvalue weighted by Crippen LogP contribution is -2.32. The lowest BCUT2D eigenvalue weighted by atomic mass is 10.2. The molecule has 200 valence electrons. The quantitative estimate of drug-likeness (QED) is 0.346. The number of hydrogen-bond acceptors (Lipinski definition) is 7. The van der Waals surface area contributed by atoms with Gasteiger partial charge < -0.3 is 14.4 Å². The molecule has 0 bridgehead atoms. The van der Waals surface area contributed by atoms with Crippen LogP contribution < -0.4 is 16.0 Å². The summed E-state index contributed by atoms with van der Waals surface area (Å²) < 4.78 is 59.4. The molecule has 0 saturated heterocycles. The molecule has 10 nitrogen and oxygen atoms in total. The van der Waals surface area contributed by atoms with Gasteiger partial charge in [-0.25, -0.2) is 26.6 Å². The van der Waals surface area contributed by atoms with Gasteiger partial charge in [0.15, 0.2) is 0 Å². The van der Waals surface area contributed by atoms with Crippen molar-refractivity contribution in [3.8, 4) is 5.75 Å². The van der Waals surface area contributed by atoms with Gasteiger partial charge in [-0.3, -0.25) is 9.59 Å². The second-order valence-electron chi connectivity index (χ2n) is 8.29. The van der Waals surface area contributed by atoms with E-state index in [0.717, 1.165) is 12.3 Å². The molecule has 2 aromatic carbocycles. The molecule has 2 heterocycles. The van der Waals surface area contributed by atoms with Gasteiger partial charge in [-0.05, 0) is 35.9 Å². The summed E-state index contributed by atoms with van der Waals surface area (Å²) in [6.45, 7) is -0.923. The zero-order chi connectivity index (χ0) is 27.8. The summed E-state index contributed by atoms with van der Waals surface area (Å²) >= 11 is 6.17. The smallest absolute Gasteiger partial charge is 0.349 e. The fourth-order valence-corrected chi connectivity index (χ4v) is 4.94. The van der Waals surface area contributed by atoms with E-state index in [1.807, 2.05) is 0 Å². The number of imidazole rings is 1. The van der Waals surface area contributed by atoms with E-state index < -0.39 is 45.4 Å². The molecule has 0 spiro atoms. The Morgan fingerprint density at radius 1 is 1.08 bits per heavy atom. The maximum absolute atomic E-state index is 13.9. The van der Waals surface area contributed by atoms with Gasteiger partial charge in [0.1, 0.15) is 29.0 Å². The normalized spacial score (nSPS) is 11.7. The standard InChI is InChI=1S/C24H20ClF2N3O7S/c1-38(35,36)30-19-10-14(2-5-18(19)29(24(30)34)21(32)7-9-31)12-28-8-6-20(22(25)23(28)33)37-13-15-3-4-16(26)11-17(15)27/h2-6,8,10-11,31H,7,9,12-13H2,1H3. The number of nitrogens with zero attached hydrogens (tertiary/aromatic N) is 3. The second-order valence-corrected chi connectivity index (χ2v) is 10.5. The van der Waals surface area contributed by atoms with Crippen molar-refractivity contribution in [1.82, 2.24) is 13.1 Å². The Morgan fingerprint density at radius 3 is 2.47 bits per heavy atom. The zero-order valence-electron chi connectivity index (χ0n) is 19.7. The van der Waals surface area contributed by atoms with Gasteiger partial charge in [-0.2, -0.15) is 3.97 Å². The number of ether oxygens (including phenoxy) is 1. The molecule has 0 atom stereocenters. The molecule has 1 N–H and O–H groups in total. The lowest BCUT2D eigenvalue weighted by Gasteiger charge is -2.12. The van der Waals surface area contributed by atoms with Crippen LogP contribution in [0.1, 0.15) is 22.3 Å². The third-order valence-corrected chi connectivity index (χ3v) is 6.96. The molecule has 0 aliphatic carbocycles. The van der Waals surface area contributed by atoms with E-state index in [-0.39, 0.29) is 46.9 Å². The number of halogens is 3. The van der Waals surface area contributed by atoms with E-state index in [0.29, 0.717) is 20.2 Å². The van der Waals surface area contributed by atoms with Gasteiger partial charge in [0.05, 0.1) is 36.9 Å². The van der Waals surface area contributed by atoms with E-state index in [4.69, 9.17) is 21.4 Å². The molecular weight excluding hydrogens is 548 g/mol. The van der Waals surface area contributed by atoms with Gasteiger partial charge in [0.2, 0.25) is 15.9 Å². The van der Waals surface area contributed by atoms with Gasteiger partial charge in [0, 0.05) is 17.8 Å². The van der Waals surface area contributed by atoms with E-state index in [9.17, 15) is 31.6 Å². The van der Waals surface area contributed by atoms with Crippen molar-refractivity contribution in [2.45, 2.75) is 19.6 Å². The first kappa shape index (κ1) is 27.2. The summed E-state index contributed by atoms with van der Waals surface area (Å²) in [7, 11) is -4.12. The zero-order valence-corrected chi connectivity index (χ0v) is 21.3. The average molecular weight is 568 g/mol. The minimum atomic E-state index is -4.12. The van der Waals surface area contributed by atoms with E-state index >= 15 is 0 Å². The second kappa shape index (κ2) is 10.5. The van der Waals surface area contributed by atoms with Crippen molar-refractivity contribution in [1.29, 1.82) is 0 Å². The van der Waals surface area contributed by atoms with Crippen molar-refractivity contribution in [2.24, 2.45) is 0 Å². The summed E-state index contributed by atoms with van der Waals surface area (Å²) in [6, 6.07) is 8.57. The SMILES string of the molecule is CS(=O)(=O)n1c(=O)n(C(=O)CCO)c2ccc(Cn3ccc(OCc4ccc(F)cc4F)c(Cl)c3=O)cc21. The van der Waals surface area contributed by atoms with Gasteiger partial charge in [-0.15, -0.1) is 0 Å². The molecule has 0 aliphatic heterocycles. The van der Waals surface area contributed by atoms with Gasteiger partial charge in [-0.1, -0.05) is 17.7 Å². The Kier molecular flexibility index (Phi) is 7.54. The molecule has 4 rings (SSSR count). The van der Waals surface area contributed by atoms with Crippen molar-refractivity contribution >= 4 is 38.6 Å². The van der Waals surface area contributed by atoms with E-state index in [1.54, 1.807) is 0 Å². The number of aromatic nitrogens is 3. The fraction of sp³-hybridized carbons (Fsp3) is 0.208. The monoisotopic (exact) mass is 567 g/mol. The van der Waals surface area contributed by atoms with Crippen LogP contribution in [-0.4, -0.2) is 45.4 Å². The molecule has 0 aliphatic rings. The summed E-state index contributed by atoms with van der Waals surface area (Å²) in [6.07, 6.45) is 1.77. The minimum Gasteiger partial charge on any atom is -0.487 e. The van der Waals surface area contributed by atoms with Crippen LogP contribution in [0, 0.1) is 11.6 Å². The molecule has 4 aromatic rings. The van der Waals surface area contributed by atoms with Gasteiger partial charge >= 0.3 is 5.69 Å². The van der Waals surface area contributed by atoms with Gasteiger partial charge in [0.25, 0.3) is 5.56 Å². The topological polar surface area (TPSA) is 130 Å². The Balaban J connectivity index is 1.67. The molecule has 0 fully saturated rings. The first-order valence-corrected chi connectivity index (χ1v) is 13.2. The fourth-order valence-electron chi connectivity index (χ4n) is 3.84. The van der Waals surface area contributed by atoms with Crippen molar-refractivity contribution in [2.75, 3.05) is 12.9 Å². The third-order valence-electron chi connectivity index (χ3n) is 5.59. The number of fused-ring (bicyclic) bond motifs is 1. The maximum Gasteiger partial charge on any atom is 0.349 e. The van der Waals surface area contributed by atoms with Crippen LogP contribution in [0.5, 0.6) is 5.75 Å². The molecular formula is C24H20ClF2N3O7S. The Bertz CT molecular complexity index is 1800. The highest BCUT2D eigenvalue weighted by Gasteiger charge is 2.23. The van der Waals surface area contributed by atoms with Crippen LogP contribution in [0.3, 0.4) is 0 Å². The summed E-state index contributed by atoms with van der Waals surface area (Å²) in [5.74, 6) is -2.37. The molecule has 38 heavy (non-hydrogen) atoms. The van der Waals surface area contributed by atoms with E-state index in [2.05, 4.69) is 0 Å². The highest BCUT2D eigenvalue weighted by molar-refractivity contribution is 7.89. The number of pyridine rings is 1. The van der Waals surface area contributed by atoms with E-state index in [1.165, 1.54) is 41.1 Å². The first-order valence-electron chi connectivity index (χ1n) is 11.0. The predicted molar refractivity (Wildman–Crippen MR) is 134 cm³/mol. The van der Waals surface area contributed by atoms with Crippen LogP contribution in [0.25, 0.3) is 11.0 Å². The number of rotatable bonds is 8. The van der Waals surface area contributed by atoms with Crippen molar-refractivity contribution in [3.63, 3.8) is 0 Å². The van der Waals surface area contributed by atoms with Crippen LogP contribution in [-0.2, 0) is 23.2 Å². The largest absolute Gasteiger partial charge is 0.487 e. The molecule has 2 aromatic heterocycles. The molecule has 0 unspecified atom stereocenters. The summed E-state index contributed by atoms with van der Waals surface area (Å²) in [4.78, 5) is 38.0. The van der Waals surface area contributed by atoms with Crippen LogP contribution in [0.4, 0.5) is 8.78 Å². The van der Waals surface area contributed by atoms with Crippen LogP contribution >= 0.6 is 11.6 Å². The minimum absolute atomic E-state index is 0.0183. The lowest BCUT2D eigenvalue weighted by molar-refractivity contribution is 0.0876. The summed E-state index contributed by atoms with van der Waals surface area (Å²) in [5.41, 5.74) is -1.37. The number of hydrogen-bond donors (Lipinski definition) is 1. The molecule has 14 heteroatoms. The summed E-state index contributed by atoms with van der Waals surface area (Å²) in [5, 5.41) is 8.77. The number of benzene rings is 2. The Labute approximate surface area is 218 Å². The molecule has 0 amide bonds. The van der Waals surface area contributed by atoms with Crippen LogP contribution in [0.2, 0.25) is 5.02 Å². The highest BCUT2D eigenvalue weighted by Crippen LogP contribution is 2.23. The third kappa shape index (κ3) is 5.26. The van der Waals surface area contributed by atoms with Crippen LogP contribution in [0.15, 0.2) is 58.3 Å². The predicted octanol–water partition coefficient (Wildman–Crippen LogP) is 2.35. The Morgan fingerprint density at radius 2 is 1.82 bits per heavy atom. The maximum atomic E-state index is 13.9. The first-order chi connectivity index (χ1) is 17.9. The number of aliphatic hydroxyl groups excluding tert-OH is 1. The number of carbonyl (C=O) groups excluding carboxylic acids is 1. The number of carbonyl (C=O) groups is 1. The highest BCUT2D eigenvalue weighted by atomic mass is 35.5. The van der Waals surface area contributed by atoms with Crippen molar-refractivity contribution < 1.29 is 31.8 Å². The van der Waals surface area contributed by atoms with Crippen molar-refractivity contribution in [3.05, 3.63) is 97.3 Å². The Hall–Kier alpha value is -3.81. The average Bonchev–Trinajstić information content (AvgIpc) is 3.14. The number of aliphatic hydroxyl groups is 1.